The molecule has 2 aliphatic heterocycles. The van der Waals surface area contributed by atoms with Crippen LogP contribution in [0.2, 0.25) is 5.02 Å². The molecule has 2 aromatic heterocycles. The highest BCUT2D eigenvalue weighted by Crippen LogP contribution is 2.44. The van der Waals surface area contributed by atoms with Crippen LogP contribution in [0.1, 0.15) is 18.2 Å². The van der Waals surface area contributed by atoms with Crippen molar-refractivity contribution in [2.75, 3.05) is 36.1 Å². The maximum atomic E-state index is 14.4. The van der Waals surface area contributed by atoms with Crippen LogP contribution in [0.15, 0.2) is 35.1 Å². The van der Waals surface area contributed by atoms with Crippen LogP contribution in [0, 0.1) is 0 Å². The molecule has 0 amide bonds. The summed E-state index contributed by atoms with van der Waals surface area (Å²) in [6.45, 7) is 1.65. The van der Waals surface area contributed by atoms with Crippen LogP contribution >= 0.6 is 11.6 Å². The molecule has 0 bridgehead atoms. The smallest absolute Gasteiger partial charge is 0.475 e. The minimum atomic E-state index is -5.08. The lowest BCUT2D eigenvalue weighted by atomic mass is 9.99. The van der Waals surface area contributed by atoms with Crippen molar-refractivity contribution in [2.24, 2.45) is 0 Å². The van der Waals surface area contributed by atoms with Crippen LogP contribution in [-0.2, 0) is 28.8 Å². The van der Waals surface area contributed by atoms with Crippen molar-refractivity contribution in [3.63, 3.8) is 0 Å². The number of carbonyl (C=O) groups is 1. The van der Waals surface area contributed by atoms with Crippen LogP contribution < -0.4 is 15.4 Å². The van der Waals surface area contributed by atoms with Gasteiger partial charge in [-0.3, -0.25) is 9.36 Å². The lowest BCUT2D eigenvalue weighted by molar-refractivity contribution is -0.192. The molecule has 0 radical (unpaired) electrons. The van der Waals surface area contributed by atoms with E-state index in [1.54, 1.807) is 4.90 Å². The highest BCUT2D eigenvalue weighted by atomic mass is 35.5. The number of aliphatic carboxylic acids is 1. The number of alkyl halides is 9. The normalized spacial score (nSPS) is 19.1. The molecule has 0 unspecified atom stereocenters. The number of hydrogen-bond donors (Lipinski definition) is 1. The Labute approximate surface area is 246 Å². The minimum Gasteiger partial charge on any atom is -0.475 e. The predicted octanol–water partition coefficient (Wildman–Crippen LogP) is 5.27. The van der Waals surface area contributed by atoms with Crippen molar-refractivity contribution in [3.05, 3.63) is 57.0 Å². The van der Waals surface area contributed by atoms with Gasteiger partial charge in [0.1, 0.15) is 11.5 Å². The van der Waals surface area contributed by atoms with Gasteiger partial charge in [0.25, 0.3) is 5.56 Å². The van der Waals surface area contributed by atoms with Gasteiger partial charge in [-0.2, -0.15) is 44.5 Å². The first-order chi connectivity index (χ1) is 20.2. The molecule has 2 aliphatic rings. The Morgan fingerprint density at radius 3 is 2.18 bits per heavy atom. The number of anilines is 2. The first-order valence-corrected chi connectivity index (χ1v) is 12.9. The summed E-state index contributed by atoms with van der Waals surface area (Å²) in [6.07, 6.45) is -14.5. The van der Waals surface area contributed by atoms with Gasteiger partial charge in [0.2, 0.25) is 5.95 Å². The quantitative estimate of drug-likeness (QED) is 0.379. The molecule has 19 heteroatoms. The standard InChI is InChI=1S/C23H20ClF6N5O2.C2HF3O2/c1-21(23(28,29)30)12-34-19(36)10-18(33-4-6-37-7-5-33)32-20(34)35(21)11-13-2-3-16-14(8-13)15(24)9-17(31-16)22(25,26)27;3-2(4,5)1(6)7/h2-3,8-10H,4-7,11-12H2,1H3;(H,6,7)/t21-;/m0./s1. The second-order valence-electron chi connectivity index (χ2n) is 9.94. The van der Waals surface area contributed by atoms with Crippen LogP contribution in [0.5, 0.6) is 0 Å². The van der Waals surface area contributed by atoms with E-state index in [4.69, 9.17) is 26.2 Å². The van der Waals surface area contributed by atoms with E-state index in [0.717, 1.165) is 16.4 Å². The zero-order chi connectivity index (χ0) is 32.8. The van der Waals surface area contributed by atoms with Crippen LogP contribution in [0.25, 0.3) is 10.9 Å². The van der Waals surface area contributed by atoms with Crippen LogP contribution in [-0.4, -0.2) is 69.8 Å². The second-order valence-corrected chi connectivity index (χ2v) is 10.3. The lowest BCUT2D eigenvalue weighted by Gasteiger charge is -2.37. The van der Waals surface area contributed by atoms with Gasteiger partial charge in [-0.1, -0.05) is 17.7 Å². The Morgan fingerprint density at radius 2 is 1.64 bits per heavy atom. The summed E-state index contributed by atoms with van der Waals surface area (Å²) >= 11 is 6.09. The third-order valence-electron chi connectivity index (χ3n) is 6.92. The van der Waals surface area contributed by atoms with E-state index < -0.39 is 47.8 Å². The number of carboxylic acid groups (broad SMARTS) is 1. The molecule has 3 aromatic rings. The van der Waals surface area contributed by atoms with Crippen molar-refractivity contribution in [1.29, 1.82) is 0 Å². The number of carboxylic acids is 1. The molecule has 1 fully saturated rings. The fraction of sp³-hybridized carbons (Fsp3) is 0.440. The summed E-state index contributed by atoms with van der Waals surface area (Å²) in [6, 6.07) is 5.95. The fourth-order valence-corrected chi connectivity index (χ4v) is 4.81. The summed E-state index contributed by atoms with van der Waals surface area (Å²) < 4.78 is 120. The second kappa shape index (κ2) is 11.6. The number of aromatic nitrogens is 3. The molecule has 0 aliphatic carbocycles. The molecule has 1 aromatic carbocycles. The highest BCUT2D eigenvalue weighted by Gasteiger charge is 2.60. The Balaban J connectivity index is 0.000000566. The van der Waals surface area contributed by atoms with Gasteiger partial charge in [-0.05, 0) is 30.7 Å². The number of pyridine rings is 1. The third-order valence-corrected chi connectivity index (χ3v) is 7.23. The number of hydrogen-bond acceptors (Lipinski definition) is 7. The minimum absolute atomic E-state index is 0.0482. The fourth-order valence-electron chi connectivity index (χ4n) is 4.55. The number of morpholine rings is 1. The number of fused-ring (bicyclic) bond motifs is 2. The van der Waals surface area contributed by atoms with E-state index in [-0.39, 0.29) is 34.2 Å². The topological polar surface area (TPSA) is 101 Å². The molecule has 4 heterocycles. The highest BCUT2D eigenvalue weighted by molar-refractivity contribution is 6.35. The maximum Gasteiger partial charge on any atom is 0.490 e. The Morgan fingerprint density at radius 1 is 1.02 bits per heavy atom. The first-order valence-electron chi connectivity index (χ1n) is 12.5. The molecule has 0 spiro atoms. The van der Waals surface area contributed by atoms with Gasteiger partial charge in [-0.25, -0.2) is 9.78 Å². The van der Waals surface area contributed by atoms with E-state index in [1.807, 2.05) is 0 Å². The average molecular weight is 662 g/mol. The summed E-state index contributed by atoms with van der Waals surface area (Å²) in [7, 11) is 0. The largest absolute Gasteiger partial charge is 0.490 e. The summed E-state index contributed by atoms with van der Waals surface area (Å²) in [5.74, 6) is -2.65. The molecular weight excluding hydrogens is 641 g/mol. The molecule has 0 saturated carbocycles. The number of benzene rings is 1. The molecule has 1 saturated heterocycles. The van der Waals surface area contributed by atoms with Gasteiger partial charge in [-0.15, -0.1) is 0 Å². The van der Waals surface area contributed by atoms with Crippen LogP contribution in [0.4, 0.5) is 51.3 Å². The van der Waals surface area contributed by atoms with Gasteiger partial charge in [0.15, 0.2) is 5.54 Å². The van der Waals surface area contributed by atoms with E-state index in [9.17, 15) is 44.3 Å². The van der Waals surface area contributed by atoms with Gasteiger partial charge < -0.3 is 19.6 Å². The Hall–Kier alpha value is -3.80. The van der Waals surface area contributed by atoms with E-state index in [1.165, 1.54) is 24.3 Å². The van der Waals surface area contributed by atoms with Crippen molar-refractivity contribution in [3.8, 4) is 0 Å². The molecule has 1 N–H and O–H groups in total. The summed E-state index contributed by atoms with van der Waals surface area (Å²) in [5, 5.41) is 7.05. The number of ether oxygens (including phenoxy) is 1. The van der Waals surface area contributed by atoms with E-state index in [2.05, 4.69) is 9.97 Å². The van der Waals surface area contributed by atoms with Crippen LogP contribution in [0.3, 0.4) is 0 Å². The molecule has 5 rings (SSSR count). The Bertz CT molecular complexity index is 1620. The molecule has 44 heavy (non-hydrogen) atoms. The van der Waals surface area contributed by atoms with Gasteiger partial charge >= 0.3 is 24.5 Å². The predicted molar refractivity (Wildman–Crippen MR) is 138 cm³/mol. The number of nitrogens with zero attached hydrogens (tertiary/aromatic N) is 5. The van der Waals surface area contributed by atoms with Crippen molar-refractivity contribution in [1.82, 2.24) is 14.5 Å². The Kier molecular flexibility index (Phi) is 8.73. The molecule has 1 atom stereocenters. The van der Waals surface area contributed by atoms with Gasteiger partial charge in [0, 0.05) is 31.1 Å². The number of rotatable bonds is 3. The molecule has 9 nitrogen and oxygen atoms in total. The summed E-state index contributed by atoms with van der Waals surface area (Å²) in [4.78, 5) is 32.6. The SMILES string of the molecule is C[C@@]1(C(F)(F)F)Cn2c(nc(N3CCOCC3)cc2=O)N1Cc1ccc2nc(C(F)(F)F)cc(Cl)c2c1.O=C(O)C(F)(F)F. The van der Waals surface area contributed by atoms with Gasteiger partial charge in [0.05, 0.1) is 30.3 Å². The van der Waals surface area contributed by atoms with Crippen molar-refractivity contribution >= 4 is 40.2 Å². The van der Waals surface area contributed by atoms with Crippen molar-refractivity contribution < 1.29 is 54.2 Å². The first kappa shape index (κ1) is 33.1. The third kappa shape index (κ3) is 6.64. The average Bonchev–Trinajstić information content (AvgIpc) is 3.21. The lowest BCUT2D eigenvalue weighted by Crippen LogP contribution is -2.55. The molecular formula is C25H21ClF9N5O4. The maximum absolute atomic E-state index is 14.4. The monoisotopic (exact) mass is 661 g/mol. The number of halogens is 10. The van der Waals surface area contributed by atoms with E-state index >= 15 is 0 Å². The molecule has 240 valence electrons. The zero-order valence-electron chi connectivity index (χ0n) is 22.3. The van der Waals surface area contributed by atoms with Crippen molar-refractivity contribution in [2.45, 2.75) is 44.1 Å². The zero-order valence-corrected chi connectivity index (χ0v) is 23.1. The summed E-state index contributed by atoms with van der Waals surface area (Å²) in [5.41, 5.74) is -3.98. The van der Waals surface area contributed by atoms with E-state index in [0.29, 0.717) is 37.9 Å².